The Morgan fingerprint density at radius 2 is 1.39 bits per heavy atom. The topological polar surface area (TPSA) is 89.9 Å². The van der Waals surface area contributed by atoms with E-state index in [1.54, 1.807) is 0 Å². The predicted molar refractivity (Wildman–Crippen MR) is 71.1 cm³/mol. The number of aromatic nitrogens is 4. The van der Waals surface area contributed by atoms with Crippen LogP contribution in [0.5, 0.6) is 5.75 Å². The van der Waals surface area contributed by atoms with Gasteiger partial charge >= 0.3 is 0 Å². The molecule has 1 heterocycles. The Bertz CT molecular complexity index is 441. The highest BCUT2D eigenvalue weighted by Crippen LogP contribution is 2.47. The van der Waals surface area contributed by atoms with Gasteiger partial charge in [0.15, 0.2) is 12.1 Å². The highest BCUT2D eigenvalue weighted by Gasteiger charge is 2.18. The molecule has 0 aliphatic rings. The number of aromatic hydroxyl groups is 1. The van der Waals surface area contributed by atoms with Crippen LogP contribution in [-0.4, -0.2) is 25.4 Å². The molecule has 0 saturated heterocycles. The smallest absolute Gasteiger partial charge is 0.161 e. The van der Waals surface area contributed by atoms with Gasteiger partial charge in [-0.15, -0.1) is 9.89 Å². The van der Waals surface area contributed by atoms with Crippen LogP contribution in [0.2, 0.25) is 25.1 Å². The van der Waals surface area contributed by atoms with E-state index in [9.17, 15) is 5.11 Å². The van der Waals surface area contributed by atoms with Crippen LogP contribution >= 0.6 is 58.0 Å². The summed E-state index contributed by atoms with van der Waals surface area (Å²) in [6.07, 6.45) is 1.31. The van der Waals surface area contributed by atoms with Gasteiger partial charge in [-0.05, 0) is 10.4 Å². The summed E-state index contributed by atoms with van der Waals surface area (Å²) in [5.74, 6) is 4.60. The van der Waals surface area contributed by atoms with E-state index >= 15 is 0 Å². The molecule has 18 heavy (non-hydrogen) atoms. The van der Waals surface area contributed by atoms with E-state index in [1.807, 2.05) is 0 Å². The molecule has 0 atom stereocenters. The number of tetrazole rings is 1. The second kappa shape index (κ2) is 6.49. The standard InChI is InChI=1S/C6HCl5O.CH3N5/c7-1-2(8)4(10)6(12)5(11)3(1)9;2-6-1-3-4-5-6/h12H;1H,2H2. The van der Waals surface area contributed by atoms with E-state index in [2.05, 4.69) is 15.5 Å². The number of benzene rings is 1. The lowest BCUT2D eigenvalue weighted by molar-refractivity contribution is 0.476. The Labute approximate surface area is 126 Å². The van der Waals surface area contributed by atoms with Crippen molar-refractivity contribution in [2.45, 2.75) is 0 Å². The minimum atomic E-state index is -0.363. The Hall–Kier alpha value is -0.660. The number of nitrogens with zero attached hydrogens (tertiary/aromatic N) is 4. The molecule has 0 aliphatic heterocycles. The lowest BCUT2D eigenvalue weighted by Gasteiger charge is -2.06. The number of hydrogen-bond acceptors (Lipinski definition) is 5. The lowest BCUT2D eigenvalue weighted by Crippen LogP contribution is -2.07. The van der Waals surface area contributed by atoms with Crippen LogP contribution in [0.4, 0.5) is 0 Å². The minimum absolute atomic E-state index is 0.00904. The molecule has 0 saturated carbocycles. The first kappa shape index (κ1) is 15.4. The Balaban J connectivity index is 0.000000225. The summed E-state index contributed by atoms with van der Waals surface area (Å²) >= 11 is 27.9. The monoisotopic (exact) mass is 349 g/mol. The van der Waals surface area contributed by atoms with Gasteiger partial charge in [-0.25, -0.2) is 0 Å². The zero-order valence-electron chi connectivity index (χ0n) is 8.28. The first-order valence-corrected chi connectivity index (χ1v) is 5.93. The van der Waals surface area contributed by atoms with Crippen molar-refractivity contribution in [3.05, 3.63) is 31.4 Å². The fourth-order valence-electron chi connectivity index (χ4n) is 0.762. The Morgan fingerprint density at radius 3 is 1.67 bits per heavy atom. The molecule has 0 bridgehead atoms. The molecule has 0 aliphatic carbocycles. The van der Waals surface area contributed by atoms with Gasteiger partial charge in [-0.1, -0.05) is 58.0 Å². The number of halogens is 5. The third-order valence-corrected chi connectivity index (χ3v) is 3.81. The number of phenols is 1. The third-order valence-electron chi connectivity index (χ3n) is 1.55. The van der Waals surface area contributed by atoms with Crippen molar-refractivity contribution in [1.29, 1.82) is 0 Å². The lowest BCUT2D eigenvalue weighted by atomic mass is 10.3. The third kappa shape index (κ3) is 3.43. The highest BCUT2D eigenvalue weighted by molar-refractivity contribution is 6.55. The van der Waals surface area contributed by atoms with Crippen LogP contribution in [0.25, 0.3) is 0 Å². The molecule has 0 fully saturated rings. The van der Waals surface area contributed by atoms with E-state index < -0.39 is 0 Å². The molecule has 1 aromatic carbocycles. The van der Waals surface area contributed by atoms with Crippen molar-refractivity contribution < 1.29 is 5.11 Å². The molecular weight excluding hydrogens is 347 g/mol. The summed E-state index contributed by atoms with van der Waals surface area (Å²) in [7, 11) is 0. The minimum Gasteiger partial charge on any atom is -0.505 e. The molecule has 2 aromatic rings. The summed E-state index contributed by atoms with van der Waals surface area (Å²) in [5.41, 5.74) is 0. The van der Waals surface area contributed by atoms with Crippen molar-refractivity contribution in [3.63, 3.8) is 0 Å². The average Bonchev–Trinajstić information content (AvgIpc) is 2.83. The highest BCUT2D eigenvalue weighted by atomic mass is 35.5. The van der Waals surface area contributed by atoms with E-state index in [0.717, 1.165) is 4.79 Å². The van der Waals surface area contributed by atoms with Gasteiger partial charge in [0.25, 0.3) is 0 Å². The fourth-order valence-corrected chi connectivity index (χ4v) is 1.89. The Morgan fingerprint density at radius 1 is 0.944 bits per heavy atom. The predicted octanol–water partition coefficient (Wildman–Crippen LogP) is 3.05. The van der Waals surface area contributed by atoms with Crippen LogP contribution in [0.1, 0.15) is 0 Å². The van der Waals surface area contributed by atoms with Crippen LogP contribution in [0, 0.1) is 0 Å². The molecule has 6 nitrogen and oxygen atoms in total. The van der Waals surface area contributed by atoms with Gasteiger partial charge in [0.05, 0.1) is 15.1 Å². The average molecular weight is 351 g/mol. The first-order chi connectivity index (χ1) is 8.36. The summed E-state index contributed by atoms with van der Waals surface area (Å²) < 4.78 is 0. The molecule has 0 unspecified atom stereocenters. The maximum absolute atomic E-state index is 9.20. The zero-order valence-corrected chi connectivity index (χ0v) is 12.1. The maximum Gasteiger partial charge on any atom is 0.161 e. The first-order valence-electron chi connectivity index (χ1n) is 4.04. The fraction of sp³-hybridized carbons (Fsp3) is 0. The molecule has 0 amide bonds. The van der Waals surface area contributed by atoms with E-state index in [4.69, 9.17) is 63.8 Å². The summed E-state index contributed by atoms with van der Waals surface area (Å²) in [5, 5.41) is 18.7. The molecule has 11 heteroatoms. The number of hydrogen-bond donors (Lipinski definition) is 2. The zero-order chi connectivity index (χ0) is 13.9. The molecule has 0 radical (unpaired) electrons. The van der Waals surface area contributed by atoms with E-state index in [1.165, 1.54) is 6.33 Å². The van der Waals surface area contributed by atoms with Crippen LogP contribution < -0.4 is 5.84 Å². The van der Waals surface area contributed by atoms with Crippen molar-refractivity contribution >= 4 is 58.0 Å². The molecule has 3 N–H and O–H groups in total. The van der Waals surface area contributed by atoms with Crippen LogP contribution in [0.15, 0.2) is 6.33 Å². The normalized spacial score (nSPS) is 9.83. The molecule has 1 aromatic heterocycles. The van der Waals surface area contributed by atoms with Gasteiger partial charge in [0, 0.05) is 0 Å². The molecule has 98 valence electrons. The second-order valence-corrected chi connectivity index (χ2v) is 4.60. The number of rotatable bonds is 0. The largest absolute Gasteiger partial charge is 0.505 e. The second-order valence-electron chi connectivity index (χ2n) is 2.71. The van der Waals surface area contributed by atoms with Crippen molar-refractivity contribution in [2.24, 2.45) is 0 Å². The van der Waals surface area contributed by atoms with Crippen molar-refractivity contribution in [1.82, 2.24) is 20.3 Å². The van der Waals surface area contributed by atoms with Crippen LogP contribution in [0.3, 0.4) is 0 Å². The number of nitrogen functional groups attached to an aromatic ring is 1. The Kier molecular flexibility index (Phi) is 5.55. The quantitative estimate of drug-likeness (QED) is 0.432. The molecule has 2 rings (SSSR count). The van der Waals surface area contributed by atoms with E-state index in [-0.39, 0.29) is 30.9 Å². The summed E-state index contributed by atoms with van der Waals surface area (Å²) in [4.78, 5) is 1.03. The van der Waals surface area contributed by atoms with Gasteiger partial charge in [-0.2, -0.15) is 0 Å². The number of nitrogens with two attached hydrogens (primary N) is 1. The number of phenolic OH excluding ortho intramolecular Hbond substituents is 1. The SMILES string of the molecule is Nn1cnnn1.Oc1c(Cl)c(Cl)c(Cl)c(Cl)c1Cl. The van der Waals surface area contributed by atoms with Crippen LogP contribution in [-0.2, 0) is 0 Å². The summed E-state index contributed by atoms with van der Waals surface area (Å²) in [6.45, 7) is 0. The van der Waals surface area contributed by atoms with Gasteiger partial charge < -0.3 is 10.9 Å². The van der Waals surface area contributed by atoms with Crippen molar-refractivity contribution in [3.8, 4) is 5.75 Å². The van der Waals surface area contributed by atoms with E-state index in [0.29, 0.717) is 0 Å². The van der Waals surface area contributed by atoms with Gasteiger partial charge in [0.1, 0.15) is 10.0 Å². The maximum atomic E-state index is 9.20. The molecule has 0 spiro atoms. The van der Waals surface area contributed by atoms with Gasteiger partial charge in [-0.3, -0.25) is 0 Å². The van der Waals surface area contributed by atoms with Gasteiger partial charge in [0.2, 0.25) is 0 Å². The molecular formula is C7H4Cl5N5O. The summed E-state index contributed by atoms with van der Waals surface area (Å²) in [6, 6.07) is 0. The van der Waals surface area contributed by atoms with Crippen molar-refractivity contribution in [2.75, 3.05) is 5.84 Å².